The Labute approximate surface area is 181 Å². The van der Waals surface area contributed by atoms with E-state index in [2.05, 4.69) is 39.6 Å². The molecular formula is C25H25FN4O. The van der Waals surface area contributed by atoms with Crippen LogP contribution in [-0.4, -0.2) is 20.0 Å². The van der Waals surface area contributed by atoms with E-state index in [1.807, 2.05) is 23.9 Å². The van der Waals surface area contributed by atoms with Crippen LogP contribution in [0, 0.1) is 12.7 Å². The Morgan fingerprint density at radius 3 is 2.65 bits per heavy atom. The van der Waals surface area contributed by atoms with Crippen LogP contribution in [0.5, 0.6) is 0 Å². The summed E-state index contributed by atoms with van der Waals surface area (Å²) in [6.45, 7) is 2.77. The third kappa shape index (κ3) is 5.98. The molecule has 0 atom stereocenters. The second-order valence-electron chi connectivity index (χ2n) is 7.65. The molecule has 6 heteroatoms. The van der Waals surface area contributed by atoms with Crippen LogP contribution < -0.4 is 0 Å². The van der Waals surface area contributed by atoms with E-state index in [-0.39, 0.29) is 5.82 Å². The second kappa shape index (κ2) is 9.98. The zero-order valence-electron chi connectivity index (χ0n) is 17.5. The number of aryl methyl sites for hydroxylation is 3. The first kappa shape index (κ1) is 20.7. The van der Waals surface area contributed by atoms with Crippen LogP contribution >= 0.6 is 0 Å². The van der Waals surface area contributed by atoms with Crippen molar-refractivity contribution in [2.24, 2.45) is 0 Å². The maximum absolute atomic E-state index is 13.9. The highest BCUT2D eigenvalue weighted by molar-refractivity contribution is 5.66. The van der Waals surface area contributed by atoms with Gasteiger partial charge in [0.2, 0.25) is 5.89 Å². The number of benzene rings is 2. The Morgan fingerprint density at radius 2 is 1.87 bits per heavy atom. The summed E-state index contributed by atoms with van der Waals surface area (Å²) in [6, 6.07) is 13.8. The predicted molar refractivity (Wildman–Crippen MR) is 119 cm³/mol. The van der Waals surface area contributed by atoms with E-state index in [1.54, 1.807) is 30.7 Å². The van der Waals surface area contributed by atoms with Gasteiger partial charge in [-0.05, 0) is 55.0 Å². The topological polar surface area (TPSA) is 56.7 Å². The monoisotopic (exact) mass is 416 g/mol. The van der Waals surface area contributed by atoms with E-state index in [0.717, 1.165) is 37.1 Å². The quantitative estimate of drug-likeness (QED) is 0.338. The third-order valence-electron chi connectivity index (χ3n) is 5.11. The number of rotatable bonds is 9. The number of nitrogens with zero attached hydrogens (tertiary/aromatic N) is 4. The highest BCUT2D eigenvalue weighted by Gasteiger charge is 2.05. The fourth-order valence-corrected chi connectivity index (χ4v) is 3.40. The Balaban J connectivity index is 1.27. The molecular weight excluding hydrogens is 391 g/mol. The van der Waals surface area contributed by atoms with Crippen LogP contribution in [0.3, 0.4) is 0 Å². The molecule has 4 aromatic rings. The lowest BCUT2D eigenvalue weighted by molar-refractivity contribution is 0.541. The molecule has 2 aromatic heterocycles. The molecule has 5 nitrogen and oxygen atoms in total. The summed E-state index contributed by atoms with van der Waals surface area (Å²) in [7, 11) is 0. The van der Waals surface area contributed by atoms with Gasteiger partial charge < -0.3 is 4.42 Å². The smallest absolute Gasteiger partial charge is 0.218 e. The van der Waals surface area contributed by atoms with Crippen molar-refractivity contribution in [2.75, 3.05) is 0 Å². The maximum Gasteiger partial charge on any atom is 0.218 e. The van der Waals surface area contributed by atoms with Crippen molar-refractivity contribution in [2.45, 2.75) is 39.2 Å². The molecule has 0 aliphatic heterocycles. The van der Waals surface area contributed by atoms with Crippen LogP contribution in [0.25, 0.3) is 12.2 Å². The van der Waals surface area contributed by atoms with Gasteiger partial charge in [0.1, 0.15) is 12.1 Å². The minimum absolute atomic E-state index is 0.249. The van der Waals surface area contributed by atoms with Crippen molar-refractivity contribution < 1.29 is 8.81 Å². The lowest BCUT2D eigenvalue weighted by Gasteiger charge is -2.04. The number of hydrogen-bond acceptors (Lipinski definition) is 4. The van der Waals surface area contributed by atoms with Gasteiger partial charge in [-0.25, -0.2) is 9.37 Å². The van der Waals surface area contributed by atoms with Crippen LogP contribution in [-0.2, 0) is 19.4 Å². The molecule has 31 heavy (non-hydrogen) atoms. The molecule has 0 amide bonds. The fourth-order valence-electron chi connectivity index (χ4n) is 3.40. The predicted octanol–water partition coefficient (Wildman–Crippen LogP) is 5.50. The van der Waals surface area contributed by atoms with Gasteiger partial charge in [-0.15, -0.1) is 5.10 Å². The van der Waals surface area contributed by atoms with Crippen LogP contribution in [0.15, 0.2) is 65.5 Å². The van der Waals surface area contributed by atoms with Crippen molar-refractivity contribution in [3.63, 3.8) is 0 Å². The van der Waals surface area contributed by atoms with Crippen LogP contribution in [0.1, 0.15) is 46.7 Å². The lowest BCUT2D eigenvalue weighted by atomic mass is 10.0. The molecule has 158 valence electrons. The number of hydrogen-bond donors (Lipinski definition) is 0. The number of aromatic nitrogens is 4. The zero-order chi connectivity index (χ0) is 21.5. The van der Waals surface area contributed by atoms with Gasteiger partial charge in [-0.3, -0.25) is 4.68 Å². The fraction of sp³-hybridized carbons (Fsp3) is 0.240. The standard InChI is InChI=1S/C25H25FN4O/c1-19-5-10-22(24(26)16-19)11-12-25-28-23(18-31-25)17-21-8-6-20(7-9-21)4-2-3-14-30-15-13-27-29-30/h5-13,15-16,18H,2-4,14,17H2,1H3/b12-11+. The number of halogens is 1. The molecule has 0 saturated heterocycles. The molecule has 2 aromatic carbocycles. The zero-order valence-corrected chi connectivity index (χ0v) is 17.5. The molecule has 0 spiro atoms. The molecule has 0 saturated carbocycles. The lowest BCUT2D eigenvalue weighted by Crippen LogP contribution is -1.99. The molecule has 0 bridgehead atoms. The van der Waals surface area contributed by atoms with Crippen LogP contribution in [0.4, 0.5) is 4.39 Å². The van der Waals surface area contributed by atoms with E-state index in [9.17, 15) is 4.39 Å². The van der Waals surface area contributed by atoms with Gasteiger partial charge in [0.25, 0.3) is 0 Å². The first-order valence-corrected chi connectivity index (χ1v) is 10.5. The van der Waals surface area contributed by atoms with Gasteiger partial charge in [0.05, 0.1) is 11.9 Å². The highest BCUT2D eigenvalue weighted by atomic mass is 19.1. The summed E-state index contributed by atoms with van der Waals surface area (Å²) in [6.07, 6.45) is 12.6. The van der Waals surface area contributed by atoms with Crippen LogP contribution in [0.2, 0.25) is 0 Å². The number of unbranched alkanes of at least 4 members (excludes halogenated alkanes) is 1. The molecule has 0 aliphatic carbocycles. The van der Waals surface area contributed by atoms with E-state index >= 15 is 0 Å². The second-order valence-corrected chi connectivity index (χ2v) is 7.65. The Kier molecular flexibility index (Phi) is 6.67. The molecule has 0 radical (unpaired) electrons. The summed E-state index contributed by atoms with van der Waals surface area (Å²) in [5, 5.41) is 7.80. The minimum atomic E-state index is -0.249. The Hall–Kier alpha value is -3.54. The summed E-state index contributed by atoms with van der Waals surface area (Å²) < 4.78 is 21.3. The Morgan fingerprint density at radius 1 is 1.03 bits per heavy atom. The van der Waals surface area contributed by atoms with E-state index in [0.29, 0.717) is 17.9 Å². The van der Waals surface area contributed by atoms with Gasteiger partial charge in [0.15, 0.2) is 0 Å². The molecule has 0 N–H and O–H groups in total. The van der Waals surface area contributed by atoms with Crippen molar-refractivity contribution >= 4 is 12.2 Å². The summed E-state index contributed by atoms with van der Waals surface area (Å²) in [5.74, 6) is 0.223. The van der Waals surface area contributed by atoms with E-state index in [1.165, 1.54) is 17.2 Å². The van der Waals surface area contributed by atoms with Gasteiger partial charge >= 0.3 is 0 Å². The molecule has 2 heterocycles. The minimum Gasteiger partial charge on any atom is -0.445 e. The largest absolute Gasteiger partial charge is 0.445 e. The van der Waals surface area contributed by atoms with Crippen molar-refractivity contribution in [3.05, 3.63) is 101 Å². The van der Waals surface area contributed by atoms with Gasteiger partial charge in [0, 0.05) is 30.8 Å². The highest BCUT2D eigenvalue weighted by Crippen LogP contribution is 2.16. The normalized spacial score (nSPS) is 11.4. The first-order valence-electron chi connectivity index (χ1n) is 10.5. The summed E-state index contributed by atoms with van der Waals surface area (Å²) >= 11 is 0. The molecule has 4 rings (SSSR count). The summed E-state index contributed by atoms with van der Waals surface area (Å²) in [4.78, 5) is 4.49. The Bertz CT molecular complexity index is 1130. The summed E-state index contributed by atoms with van der Waals surface area (Å²) in [5.41, 5.74) is 4.77. The van der Waals surface area contributed by atoms with Crippen molar-refractivity contribution in [1.29, 1.82) is 0 Å². The van der Waals surface area contributed by atoms with E-state index in [4.69, 9.17) is 4.42 Å². The molecule has 0 aliphatic rings. The van der Waals surface area contributed by atoms with Gasteiger partial charge in [-0.1, -0.05) is 41.6 Å². The maximum atomic E-state index is 13.9. The van der Waals surface area contributed by atoms with Gasteiger partial charge in [-0.2, -0.15) is 0 Å². The number of oxazole rings is 1. The average molecular weight is 416 g/mol. The third-order valence-corrected chi connectivity index (χ3v) is 5.11. The molecule has 0 unspecified atom stereocenters. The first-order chi connectivity index (χ1) is 15.2. The molecule has 0 fully saturated rings. The van der Waals surface area contributed by atoms with Crippen molar-refractivity contribution in [1.82, 2.24) is 20.0 Å². The SMILES string of the molecule is Cc1ccc(/C=C/c2nc(Cc3ccc(CCCCn4ccnn4)cc3)co2)c(F)c1. The van der Waals surface area contributed by atoms with Crippen molar-refractivity contribution in [3.8, 4) is 0 Å². The van der Waals surface area contributed by atoms with E-state index < -0.39 is 0 Å². The average Bonchev–Trinajstić information content (AvgIpc) is 3.44.